The minimum Gasteiger partial charge on any atom is -0.476 e. The number of rotatable bonds is 5. The predicted molar refractivity (Wildman–Crippen MR) is 73.5 cm³/mol. The summed E-state index contributed by atoms with van der Waals surface area (Å²) in [5.41, 5.74) is -0.441. The van der Waals surface area contributed by atoms with Crippen LogP contribution in [0.5, 0.6) is 0 Å². The fourth-order valence-corrected chi connectivity index (χ4v) is 3.75. The Labute approximate surface area is 119 Å². The third-order valence-corrected chi connectivity index (χ3v) is 5.44. The molecule has 0 amide bonds. The summed E-state index contributed by atoms with van der Waals surface area (Å²) in [6.45, 7) is 1.92. The maximum atomic E-state index is 12.1. The number of aryl methyl sites for hydroxylation is 1. The minimum atomic E-state index is -3.86. The first kappa shape index (κ1) is 14.4. The number of aromatic carboxylic acids is 1. The third-order valence-electron chi connectivity index (χ3n) is 2.38. The molecule has 2 aromatic heterocycles. The fraction of sp³-hybridized carbons (Fsp3) is 0.182. The molecular formula is C11H11N3O4S2. The molecule has 20 heavy (non-hydrogen) atoms. The van der Waals surface area contributed by atoms with Crippen molar-refractivity contribution in [2.75, 3.05) is 4.72 Å². The van der Waals surface area contributed by atoms with Crippen LogP contribution in [-0.4, -0.2) is 29.5 Å². The number of anilines is 1. The van der Waals surface area contributed by atoms with Gasteiger partial charge in [-0.1, -0.05) is 6.92 Å². The van der Waals surface area contributed by atoms with E-state index in [4.69, 9.17) is 5.11 Å². The van der Waals surface area contributed by atoms with E-state index in [9.17, 15) is 13.2 Å². The highest BCUT2D eigenvalue weighted by Crippen LogP contribution is 2.24. The van der Waals surface area contributed by atoms with E-state index in [-0.39, 0.29) is 10.0 Å². The van der Waals surface area contributed by atoms with Gasteiger partial charge in [0.25, 0.3) is 10.0 Å². The predicted octanol–water partition coefficient (Wildman–Crippen LogP) is 1.60. The summed E-state index contributed by atoms with van der Waals surface area (Å²) in [7, 11) is -3.86. The average molecular weight is 313 g/mol. The number of nitrogens with zero attached hydrogens (tertiary/aromatic N) is 2. The number of aromatic nitrogens is 2. The van der Waals surface area contributed by atoms with E-state index in [0.29, 0.717) is 0 Å². The van der Waals surface area contributed by atoms with Crippen molar-refractivity contribution in [3.8, 4) is 0 Å². The summed E-state index contributed by atoms with van der Waals surface area (Å²) in [5, 5.41) is 8.94. The molecule has 0 radical (unpaired) electrons. The molecule has 106 valence electrons. The van der Waals surface area contributed by atoms with Gasteiger partial charge in [0.05, 0.1) is 0 Å². The van der Waals surface area contributed by atoms with Crippen molar-refractivity contribution in [2.24, 2.45) is 0 Å². The summed E-state index contributed by atoms with van der Waals surface area (Å²) in [5.74, 6) is -1.65. The Morgan fingerprint density at radius 3 is 2.65 bits per heavy atom. The highest BCUT2D eigenvalue weighted by atomic mass is 32.2. The quantitative estimate of drug-likeness (QED) is 0.867. The van der Waals surface area contributed by atoms with Crippen LogP contribution in [0.3, 0.4) is 0 Å². The van der Waals surface area contributed by atoms with Crippen molar-refractivity contribution in [3.63, 3.8) is 0 Å². The van der Waals surface area contributed by atoms with Crippen LogP contribution in [0.25, 0.3) is 0 Å². The van der Waals surface area contributed by atoms with Gasteiger partial charge >= 0.3 is 5.97 Å². The van der Waals surface area contributed by atoms with Crippen LogP contribution in [0.15, 0.2) is 28.7 Å². The molecule has 0 aliphatic carbocycles. The van der Waals surface area contributed by atoms with Crippen molar-refractivity contribution in [2.45, 2.75) is 17.6 Å². The lowest BCUT2D eigenvalue weighted by Crippen LogP contribution is -2.16. The zero-order valence-electron chi connectivity index (χ0n) is 10.4. The lowest BCUT2D eigenvalue weighted by Gasteiger charge is -2.06. The van der Waals surface area contributed by atoms with Crippen molar-refractivity contribution in [1.82, 2.24) is 9.97 Å². The zero-order valence-corrected chi connectivity index (χ0v) is 12.0. The topological polar surface area (TPSA) is 109 Å². The van der Waals surface area contributed by atoms with E-state index in [2.05, 4.69) is 14.7 Å². The van der Waals surface area contributed by atoms with Crippen molar-refractivity contribution < 1.29 is 18.3 Å². The van der Waals surface area contributed by atoms with E-state index < -0.39 is 21.7 Å². The third kappa shape index (κ3) is 2.94. The van der Waals surface area contributed by atoms with Crippen molar-refractivity contribution in [3.05, 3.63) is 35.1 Å². The molecule has 2 aromatic rings. The Morgan fingerprint density at radius 2 is 2.05 bits per heavy atom. The number of carboxylic acids is 1. The second-order valence-electron chi connectivity index (χ2n) is 3.74. The summed E-state index contributed by atoms with van der Waals surface area (Å²) in [6, 6.07) is 3.19. The monoisotopic (exact) mass is 313 g/mol. The molecule has 7 nitrogen and oxygen atoms in total. The molecule has 2 rings (SSSR count). The SMILES string of the molecule is CCc1ccc(S(=O)(=O)Nc2nccnc2C(=O)O)s1. The van der Waals surface area contributed by atoms with E-state index >= 15 is 0 Å². The zero-order chi connectivity index (χ0) is 14.8. The van der Waals surface area contributed by atoms with Gasteiger partial charge in [-0.2, -0.15) is 0 Å². The minimum absolute atomic E-state index is 0.108. The molecule has 0 atom stereocenters. The molecular weight excluding hydrogens is 302 g/mol. The Bertz CT molecular complexity index is 740. The maximum Gasteiger partial charge on any atom is 0.358 e. The molecule has 0 unspecified atom stereocenters. The summed E-state index contributed by atoms with van der Waals surface area (Å²) < 4.78 is 26.5. The van der Waals surface area contributed by atoms with Crippen molar-refractivity contribution in [1.29, 1.82) is 0 Å². The molecule has 0 saturated heterocycles. The molecule has 2 N–H and O–H groups in total. The standard InChI is InChI=1S/C11H11N3O4S2/c1-2-7-3-4-8(19-7)20(17,18)14-10-9(11(15)16)12-5-6-13-10/h3-6H,2H2,1H3,(H,13,14)(H,15,16). The number of hydrogen-bond acceptors (Lipinski definition) is 6. The Kier molecular flexibility index (Phi) is 4.00. The lowest BCUT2D eigenvalue weighted by atomic mass is 10.4. The van der Waals surface area contributed by atoms with Gasteiger partial charge in [-0.15, -0.1) is 11.3 Å². The fourth-order valence-electron chi connectivity index (χ4n) is 1.44. The van der Waals surface area contributed by atoms with Gasteiger partial charge in [-0.25, -0.2) is 23.2 Å². The first-order chi connectivity index (χ1) is 9.44. The second kappa shape index (κ2) is 5.55. The van der Waals surface area contributed by atoms with Crippen LogP contribution < -0.4 is 4.72 Å². The highest BCUT2D eigenvalue weighted by Gasteiger charge is 2.21. The number of sulfonamides is 1. The highest BCUT2D eigenvalue weighted by molar-refractivity contribution is 7.94. The van der Waals surface area contributed by atoms with E-state index in [0.717, 1.165) is 22.6 Å². The van der Waals surface area contributed by atoms with Crippen LogP contribution in [0.4, 0.5) is 5.82 Å². The molecule has 0 spiro atoms. The first-order valence-electron chi connectivity index (χ1n) is 5.60. The van der Waals surface area contributed by atoms with E-state index in [1.165, 1.54) is 18.5 Å². The number of carboxylic acid groups (broad SMARTS) is 1. The molecule has 0 saturated carbocycles. The Morgan fingerprint density at radius 1 is 1.35 bits per heavy atom. The van der Waals surface area contributed by atoms with Gasteiger partial charge < -0.3 is 5.11 Å². The van der Waals surface area contributed by atoms with Crippen LogP contribution in [0, 0.1) is 0 Å². The smallest absolute Gasteiger partial charge is 0.358 e. The van der Waals surface area contributed by atoms with Crippen LogP contribution in [-0.2, 0) is 16.4 Å². The average Bonchev–Trinajstić information content (AvgIpc) is 2.88. The molecule has 0 aliphatic rings. The summed E-state index contributed by atoms with van der Waals surface area (Å²) >= 11 is 1.13. The number of hydrogen-bond donors (Lipinski definition) is 2. The Balaban J connectivity index is 2.36. The molecule has 2 heterocycles. The van der Waals surface area contributed by atoms with E-state index in [1.807, 2.05) is 6.92 Å². The van der Waals surface area contributed by atoms with Gasteiger partial charge in [0.1, 0.15) is 4.21 Å². The molecule has 0 fully saturated rings. The number of carbonyl (C=O) groups is 1. The van der Waals surface area contributed by atoms with Gasteiger partial charge in [0.15, 0.2) is 11.5 Å². The second-order valence-corrected chi connectivity index (χ2v) is 6.82. The maximum absolute atomic E-state index is 12.1. The van der Waals surface area contributed by atoms with Crippen LogP contribution in [0.1, 0.15) is 22.3 Å². The Hall–Kier alpha value is -2.00. The normalized spacial score (nSPS) is 11.2. The molecule has 9 heteroatoms. The number of thiophene rings is 1. The first-order valence-corrected chi connectivity index (χ1v) is 7.90. The molecule has 0 aromatic carbocycles. The summed E-state index contributed by atoms with van der Waals surface area (Å²) in [6.07, 6.45) is 3.13. The van der Waals surface area contributed by atoms with Gasteiger partial charge in [0.2, 0.25) is 0 Å². The summed E-state index contributed by atoms with van der Waals surface area (Å²) in [4.78, 5) is 19.2. The van der Waals surface area contributed by atoms with Gasteiger partial charge in [0, 0.05) is 17.3 Å². The van der Waals surface area contributed by atoms with Crippen molar-refractivity contribution >= 4 is 33.1 Å². The number of nitrogens with one attached hydrogen (secondary N) is 1. The van der Waals surface area contributed by atoms with Gasteiger partial charge in [-0.05, 0) is 18.6 Å². The largest absolute Gasteiger partial charge is 0.476 e. The van der Waals surface area contributed by atoms with Crippen LogP contribution >= 0.6 is 11.3 Å². The lowest BCUT2D eigenvalue weighted by molar-refractivity contribution is 0.0691. The van der Waals surface area contributed by atoms with Gasteiger partial charge in [-0.3, -0.25) is 4.72 Å². The van der Waals surface area contributed by atoms with Crippen LogP contribution in [0.2, 0.25) is 0 Å². The molecule has 0 bridgehead atoms. The molecule has 0 aliphatic heterocycles. The van der Waals surface area contributed by atoms with E-state index in [1.54, 1.807) is 6.07 Å².